The lowest BCUT2D eigenvalue weighted by Crippen LogP contribution is -2.05. The number of anilines is 1. The summed E-state index contributed by atoms with van der Waals surface area (Å²) in [5, 5.41) is 0.0534. The van der Waals surface area contributed by atoms with Crippen molar-refractivity contribution in [3.63, 3.8) is 0 Å². The van der Waals surface area contributed by atoms with E-state index in [-0.39, 0.29) is 16.8 Å². The molecule has 108 valence electrons. The van der Waals surface area contributed by atoms with E-state index in [4.69, 9.17) is 17.3 Å². The van der Waals surface area contributed by atoms with Crippen molar-refractivity contribution in [2.45, 2.75) is 13.5 Å². The number of benzene rings is 2. The number of nitrogens with two attached hydrogens (primary N) is 1. The average Bonchev–Trinajstić information content (AvgIpc) is 2.71. The third-order valence-corrected chi connectivity index (χ3v) is 3.67. The molecule has 0 fully saturated rings. The van der Waals surface area contributed by atoms with Crippen molar-refractivity contribution in [2.24, 2.45) is 0 Å². The normalized spacial score (nSPS) is 11.2. The Morgan fingerprint density at radius 2 is 1.95 bits per heavy atom. The molecule has 0 amide bonds. The Kier molecular flexibility index (Phi) is 3.29. The van der Waals surface area contributed by atoms with Crippen molar-refractivity contribution in [1.29, 1.82) is 0 Å². The average molecular weight is 308 g/mol. The molecular formula is C15H12ClF2N3. The van der Waals surface area contributed by atoms with Gasteiger partial charge in [-0.1, -0.05) is 17.7 Å². The van der Waals surface area contributed by atoms with Crippen molar-refractivity contribution in [3.8, 4) is 0 Å². The van der Waals surface area contributed by atoms with Crippen LogP contribution in [0.2, 0.25) is 5.02 Å². The van der Waals surface area contributed by atoms with Gasteiger partial charge in [-0.15, -0.1) is 0 Å². The van der Waals surface area contributed by atoms with Gasteiger partial charge in [0, 0.05) is 6.07 Å². The molecule has 0 radical (unpaired) electrons. The summed E-state index contributed by atoms with van der Waals surface area (Å²) in [6.07, 6.45) is 0. The Morgan fingerprint density at radius 1 is 1.19 bits per heavy atom. The molecule has 21 heavy (non-hydrogen) atoms. The second kappa shape index (κ2) is 5.00. The topological polar surface area (TPSA) is 43.8 Å². The number of hydrogen-bond donors (Lipinski definition) is 1. The van der Waals surface area contributed by atoms with E-state index in [1.54, 1.807) is 29.7 Å². The number of halogens is 3. The Labute approximate surface area is 125 Å². The van der Waals surface area contributed by atoms with Crippen LogP contribution in [0.15, 0.2) is 30.3 Å². The molecule has 3 aromatic rings. The first-order chi connectivity index (χ1) is 9.95. The zero-order valence-corrected chi connectivity index (χ0v) is 12.0. The maximum absolute atomic E-state index is 13.6. The molecule has 3 nitrogen and oxygen atoms in total. The molecule has 0 bridgehead atoms. The number of hydrogen-bond acceptors (Lipinski definition) is 2. The molecule has 1 heterocycles. The molecular weight excluding hydrogens is 296 g/mol. The standard InChI is InChI=1S/C15H12ClF2N3/c1-8-4-14-13(6-12(8)18)20-15(19)21(14)7-9-2-3-11(17)10(16)5-9/h2-6H,7H2,1H3,(H2,19,20). The summed E-state index contributed by atoms with van der Waals surface area (Å²) in [7, 11) is 0. The SMILES string of the molecule is Cc1cc2c(cc1F)nc(N)n2Cc1ccc(F)c(Cl)c1. The van der Waals surface area contributed by atoms with Gasteiger partial charge < -0.3 is 10.3 Å². The van der Waals surface area contributed by atoms with Gasteiger partial charge in [-0.2, -0.15) is 0 Å². The molecule has 1 aromatic heterocycles. The van der Waals surface area contributed by atoms with E-state index in [0.29, 0.717) is 17.6 Å². The summed E-state index contributed by atoms with van der Waals surface area (Å²) < 4.78 is 28.5. The van der Waals surface area contributed by atoms with Crippen LogP contribution in [0.1, 0.15) is 11.1 Å². The minimum atomic E-state index is -0.471. The van der Waals surface area contributed by atoms with Gasteiger partial charge in [0.1, 0.15) is 11.6 Å². The molecule has 0 saturated heterocycles. The van der Waals surface area contributed by atoms with E-state index in [1.807, 2.05) is 0 Å². The van der Waals surface area contributed by atoms with Crippen LogP contribution in [-0.2, 0) is 6.54 Å². The molecule has 0 spiro atoms. The summed E-state index contributed by atoms with van der Waals surface area (Å²) in [6.45, 7) is 2.06. The predicted molar refractivity (Wildman–Crippen MR) is 79.4 cm³/mol. The van der Waals surface area contributed by atoms with Crippen LogP contribution in [0.3, 0.4) is 0 Å². The predicted octanol–water partition coefficient (Wildman–Crippen LogP) is 3.91. The number of rotatable bonds is 2. The molecule has 3 rings (SSSR count). The van der Waals surface area contributed by atoms with Gasteiger partial charge in [0.25, 0.3) is 0 Å². The highest BCUT2D eigenvalue weighted by Gasteiger charge is 2.12. The highest BCUT2D eigenvalue weighted by molar-refractivity contribution is 6.30. The Bertz CT molecular complexity index is 843. The number of aromatic nitrogens is 2. The quantitative estimate of drug-likeness (QED) is 0.780. The van der Waals surface area contributed by atoms with E-state index in [2.05, 4.69) is 4.98 Å². The minimum absolute atomic E-state index is 0.0534. The van der Waals surface area contributed by atoms with E-state index >= 15 is 0 Å². The fraction of sp³-hybridized carbons (Fsp3) is 0.133. The van der Waals surface area contributed by atoms with Crippen molar-refractivity contribution in [1.82, 2.24) is 9.55 Å². The van der Waals surface area contributed by atoms with Gasteiger partial charge >= 0.3 is 0 Å². The lowest BCUT2D eigenvalue weighted by Gasteiger charge is -2.08. The van der Waals surface area contributed by atoms with Crippen LogP contribution in [0.25, 0.3) is 11.0 Å². The summed E-state index contributed by atoms with van der Waals surface area (Å²) in [6, 6.07) is 7.52. The van der Waals surface area contributed by atoms with Crippen LogP contribution in [0, 0.1) is 18.6 Å². The van der Waals surface area contributed by atoms with Crippen molar-refractivity contribution < 1.29 is 8.78 Å². The molecule has 0 saturated carbocycles. The Morgan fingerprint density at radius 3 is 2.67 bits per heavy atom. The lowest BCUT2D eigenvalue weighted by molar-refractivity contribution is 0.620. The van der Waals surface area contributed by atoms with Crippen LogP contribution in [0.4, 0.5) is 14.7 Å². The molecule has 0 aliphatic heterocycles. The Balaban J connectivity index is 2.09. The second-order valence-electron chi connectivity index (χ2n) is 4.89. The largest absolute Gasteiger partial charge is 0.369 e. The highest BCUT2D eigenvalue weighted by atomic mass is 35.5. The number of nitrogen functional groups attached to an aromatic ring is 1. The maximum atomic E-state index is 13.6. The number of imidazole rings is 1. The summed E-state index contributed by atoms with van der Waals surface area (Å²) in [5.74, 6) is -0.519. The monoisotopic (exact) mass is 307 g/mol. The van der Waals surface area contributed by atoms with E-state index in [9.17, 15) is 8.78 Å². The number of fused-ring (bicyclic) bond motifs is 1. The van der Waals surface area contributed by atoms with Crippen molar-refractivity contribution in [3.05, 3.63) is 58.1 Å². The van der Waals surface area contributed by atoms with Crippen molar-refractivity contribution in [2.75, 3.05) is 5.73 Å². The van der Waals surface area contributed by atoms with Crippen LogP contribution in [0.5, 0.6) is 0 Å². The Hall–Kier alpha value is -2.14. The van der Waals surface area contributed by atoms with Crippen LogP contribution < -0.4 is 5.73 Å². The third-order valence-electron chi connectivity index (χ3n) is 3.38. The van der Waals surface area contributed by atoms with Gasteiger partial charge in [0.05, 0.1) is 22.6 Å². The molecule has 2 aromatic carbocycles. The molecule has 6 heteroatoms. The molecule has 2 N–H and O–H groups in total. The minimum Gasteiger partial charge on any atom is -0.369 e. The van der Waals surface area contributed by atoms with Gasteiger partial charge in [0.15, 0.2) is 0 Å². The number of nitrogens with zero attached hydrogens (tertiary/aromatic N) is 2. The summed E-state index contributed by atoms with van der Waals surface area (Å²) in [4.78, 5) is 4.14. The van der Waals surface area contributed by atoms with E-state index in [1.165, 1.54) is 12.1 Å². The van der Waals surface area contributed by atoms with Gasteiger partial charge in [-0.25, -0.2) is 13.8 Å². The van der Waals surface area contributed by atoms with E-state index in [0.717, 1.165) is 11.1 Å². The zero-order valence-electron chi connectivity index (χ0n) is 11.2. The maximum Gasteiger partial charge on any atom is 0.201 e. The van der Waals surface area contributed by atoms with Gasteiger partial charge in [-0.05, 0) is 36.2 Å². The first-order valence-electron chi connectivity index (χ1n) is 6.31. The summed E-state index contributed by atoms with van der Waals surface area (Å²) in [5.41, 5.74) is 8.41. The van der Waals surface area contributed by atoms with E-state index < -0.39 is 5.82 Å². The summed E-state index contributed by atoms with van der Waals surface area (Å²) >= 11 is 5.78. The fourth-order valence-electron chi connectivity index (χ4n) is 2.26. The first kappa shape index (κ1) is 13.8. The first-order valence-corrected chi connectivity index (χ1v) is 6.69. The smallest absolute Gasteiger partial charge is 0.201 e. The molecule has 0 atom stereocenters. The third kappa shape index (κ3) is 2.45. The fourth-order valence-corrected chi connectivity index (χ4v) is 2.46. The van der Waals surface area contributed by atoms with Crippen LogP contribution >= 0.6 is 11.6 Å². The molecule has 0 unspecified atom stereocenters. The number of aryl methyl sites for hydroxylation is 1. The molecule has 0 aliphatic rings. The lowest BCUT2D eigenvalue weighted by atomic mass is 10.2. The van der Waals surface area contributed by atoms with Crippen molar-refractivity contribution >= 4 is 28.6 Å². The zero-order chi connectivity index (χ0) is 15.1. The molecule has 0 aliphatic carbocycles. The highest BCUT2D eigenvalue weighted by Crippen LogP contribution is 2.24. The van der Waals surface area contributed by atoms with Gasteiger partial charge in [0.2, 0.25) is 5.95 Å². The van der Waals surface area contributed by atoms with Crippen LogP contribution in [-0.4, -0.2) is 9.55 Å². The van der Waals surface area contributed by atoms with Gasteiger partial charge in [-0.3, -0.25) is 0 Å². The second-order valence-corrected chi connectivity index (χ2v) is 5.30.